The highest BCUT2D eigenvalue weighted by Crippen LogP contribution is 2.28. The van der Waals surface area contributed by atoms with Crippen LogP contribution in [0, 0.1) is 5.82 Å². The molecule has 0 aromatic heterocycles. The molecule has 32 heavy (non-hydrogen) atoms. The van der Waals surface area contributed by atoms with Crippen LogP contribution in [0.4, 0.5) is 4.39 Å². The summed E-state index contributed by atoms with van der Waals surface area (Å²) in [6.07, 6.45) is -0.0860. The predicted octanol–water partition coefficient (Wildman–Crippen LogP) is 1.17. The lowest BCUT2D eigenvalue weighted by atomic mass is 9.94. The molecule has 2 unspecified atom stereocenters. The lowest BCUT2D eigenvalue weighted by Crippen LogP contribution is -2.68. The molecule has 2 atom stereocenters. The number of nitrogens with zero attached hydrogens (tertiary/aromatic N) is 3. The number of carbonyl (C=O) groups excluding carboxylic acids is 2. The fourth-order valence-electron chi connectivity index (χ4n) is 3.94. The van der Waals surface area contributed by atoms with E-state index < -0.39 is 41.2 Å². The summed E-state index contributed by atoms with van der Waals surface area (Å²) in [5.41, 5.74) is 1.16. The van der Waals surface area contributed by atoms with Gasteiger partial charge in [-0.25, -0.2) is 14.2 Å². The third-order valence-corrected chi connectivity index (χ3v) is 5.62. The standard InChI is InChI=1S/C23H22FN3O5/c24-17-8-6-16(7-9-17)12-25-14-26(11-10-15-4-2-1-3-5-15)27-13-18(23(31)32)20(28)21(29)19(27)22(25)30/h1-9,13,19,21,29H,10-12,14H2,(H,31,32). The number of Topliss-reactive ketones (excluding diaryl/α,β-unsaturated/α-hetero) is 1. The molecule has 166 valence electrons. The van der Waals surface area contributed by atoms with Crippen molar-refractivity contribution >= 4 is 17.7 Å². The van der Waals surface area contributed by atoms with Crippen LogP contribution in [0.25, 0.3) is 0 Å². The van der Waals surface area contributed by atoms with E-state index in [2.05, 4.69) is 0 Å². The molecule has 0 bridgehead atoms. The van der Waals surface area contributed by atoms with Crippen molar-refractivity contribution in [2.24, 2.45) is 0 Å². The summed E-state index contributed by atoms with van der Waals surface area (Å²) in [4.78, 5) is 38.6. The second-order valence-corrected chi connectivity index (χ2v) is 7.75. The number of aliphatic carboxylic acids is 1. The lowest BCUT2D eigenvalue weighted by Gasteiger charge is -2.50. The zero-order valence-corrected chi connectivity index (χ0v) is 17.1. The summed E-state index contributed by atoms with van der Waals surface area (Å²) >= 11 is 0. The number of aliphatic hydroxyl groups excluding tert-OH is 1. The number of hydrazine groups is 1. The number of aliphatic hydroxyl groups is 1. The molecule has 2 aromatic rings. The second kappa shape index (κ2) is 8.89. The van der Waals surface area contributed by atoms with E-state index in [0.717, 1.165) is 11.8 Å². The van der Waals surface area contributed by atoms with Crippen LogP contribution >= 0.6 is 0 Å². The number of carboxylic acids is 1. The lowest BCUT2D eigenvalue weighted by molar-refractivity contribution is -0.181. The Balaban J connectivity index is 1.64. The molecule has 0 radical (unpaired) electrons. The van der Waals surface area contributed by atoms with E-state index in [0.29, 0.717) is 18.5 Å². The second-order valence-electron chi connectivity index (χ2n) is 7.75. The highest BCUT2D eigenvalue weighted by molar-refractivity contribution is 6.20. The van der Waals surface area contributed by atoms with Crippen LogP contribution in [0.2, 0.25) is 0 Å². The van der Waals surface area contributed by atoms with Crippen molar-refractivity contribution in [3.8, 4) is 0 Å². The van der Waals surface area contributed by atoms with E-state index in [1.54, 1.807) is 17.1 Å². The summed E-state index contributed by atoms with van der Waals surface area (Å²) in [6, 6.07) is 14.1. The molecule has 0 saturated carbocycles. The van der Waals surface area contributed by atoms with Gasteiger partial charge in [-0.15, -0.1) is 0 Å². The minimum Gasteiger partial charge on any atom is -0.478 e. The van der Waals surface area contributed by atoms with Crippen LogP contribution in [-0.2, 0) is 27.3 Å². The Morgan fingerprint density at radius 1 is 1.03 bits per heavy atom. The summed E-state index contributed by atoms with van der Waals surface area (Å²) < 4.78 is 13.3. The highest BCUT2D eigenvalue weighted by Gasteiger charge is 2.49. The van der Waals surface area contributed by atoms with Gasteiger partial charge in [0, 0.05) is 19.3 Å². The molecule has 9 heteroatoms. The molecule has 2 aliphatic heterocycles. The molecule has 2 aromatic carbocycles. The third kappa shape index (κ3) is 4.25. The first-order valence-electron chi connectivity index (χ1n) is 10.1. The Kier molecular flexibility index (Phi) is 6.02. The van der Waals surface area contributed by atoms with Crippen molar-refractivity contribution in [2.45, 2.75) is 25.1 Å². The summed E-state index contributed by atoms with van der Waals surface area (Å²) in [7, 11) is 0. The minimum absolute atomic E-state index is 0.115. The maximum atomic E-state index is 13.3. The molecular formula is C23H22FN3O5. The van der Waals surface area contributed by atoms with Gasteiger partial charge in [0.2, 0.25) is 5.78 Å². The molecule has 1 fully saturated rings. The number of fused-ring (bicyclic) bond motifs is 1. The third-order valence-electron chi connectivity index (χ3n) is 5.62. The number of amides is 1. The van der Waals surface area contributed by atoms with E-state index in [1.165, 1.54) is 22.0 Å². The maximum absolute atomic E-state index is 13.3. The first kappa shape index (κ1) is 21.7. The Morgan fingerprint density at radius 3 is 2.38 bits per heavy atom. The first-order valence-corrected chi connectivity index (χ1v) is 10.1. The number of hydrogen-bond donors (Lipinski definition) is 2. The van der Waals surface area contributed by atoms with Gasteiger partial charge >= 0.3 is 5.97 Å². The average Bonchev–Trinajstić information content (AvgIpc) is 2.78. The van der Waals surface area contributed by atoms with Gasteiger partial charge in [0.15, 0.2) is 6.04 Å². The molecule has 4 rings (SSSR count). The monoisotopic (exact) mass is 439 g/mol. The van der Waals surface area contributed by atoms with Gasteiger partial charge in [-0.1, -0.05) is 42.5 Å². The molecule has 1 saturated heterocycles. The van der Waals surface area contributed by atoms with Crippen LogP contribution in [0.3, 0.4) is 0 Å². The molecule has 2 N–H and O–H groups in total. The highest BCUT2D eigenvalue weighted by atomic mass is 19.1. The number of halogens is 1. The quantitative estimate of drug-likeness (QED) is 0.652. The molecule has 2 aliphatic rings. The van der Waals surface area contributed by atoms with Gasteiger partial charge in [-0.2, -0.15) is 0 Å². The summed E-state index contributed by atoms with van der Waals surface area (Å²) in [5.74, 6) is -3.36. The van der Waals surface area contributed by atoms with E-state index in [1.807, 2.05) is 30.3 Å². The van der Waals surface area contributed by atoms with Gasteiger partial charge in [0.05, 0.1) is 6.67 Å². The Hall–Kier alpha value is -3.56. The first-order chi connectivity index (χ1) is 15.3. The van der Waals surface area contributed by atoms with Gasteiger partial charge in [-0.3, -0.25) is 14.6 Å². The van der Waals surface area contributed by atoms with E-state index in [4.69, 9.17) is 0 Å². The number of ketones is 1. The number of benzene rings is 2. The molecule has 1 amide bonds. The van der Waals surface area contributed by atoms with Crippen molar-refractivity contribution in [1.82, 2.24) is 14.9 Å². The summed E-state index contributed by atoms with van der Waals surface area (Å²) in [5, 5.41) is 23.0. The van der Waals surface area contributed by atoms with Gasteiger partial charge in [0.1, 0.15) is 17.5 Å². The van der Waals surface area contributed by atoms with E-state index >= 15 is 0 Å². The van der Waals surface area contributed by atoms with Gasteiger partial charge in [-0.05, 0) is 29.7 Å². The fraction of sp³-hybridized carbons (Fsp3) is 0.261. The molecule has 2 heterocycles. The van der Waals surface area contributed by atoms with Crippen LogP contribution in [0.15, 0.2) is 66.4 Å². The van der Waals surface area contributed by atoms with Gasteiger partial charge < -0.3 is 15.1 Å². The SMILES string of the molecule is O=C(O)C1=CN2C(C(=O)N(Cc3ccc(F)cc3)CN2CCc2ccccc2)C(O)C1=O. The van der Waals surface area contributed by atoms with Crippen molar-refractivity contribution in [3.05, 3.63) is 83.3 Å². The number of rotatable bonds is 6. The van der Waals surface area contributed by atoms with Crippen LogP contribution in [-0.4, -0.2) is 68.1 Å². The molecule has 8 nitrogen and oxygen atoms in total. The van der Waals surface area contributed by atoms with Crippen LogP contribution in [0.1, 0.15) is 11.1 Å². The Bertz CT molecular complexity index is 1060. The zero-order valence-electron chi connectivity index (χ0n) is 17.1. The van der Waals surface area contributed by atoms with Gasteiger partial charge in [0.25, 0.3) is 5.91 Å². The minimum atomic E-state index is -1.81. The Morgan fingerprint density at radius 2 is 1.72 bits per heavy atom. The summed E-state index contributed by atoms with van der Waals surface area (Å²) in [6.45, 7) is 0.684. The van der Waals surface area contributed by atoms with Crippen LogP contribution in [0.5, 0.6) is 0 Å². The number of hydrogen-bond acceptors (Lipinski definition) is 6. The van der Waals surface area contributed by atoms with Crippen molar-refractivity contribution in [1.29, 1.82) is 0 Å². The molecule has 0 spiro atoms. The predicted molar refractivity (Wildman–Crippen MR) is 111 cm³/mol. The zero-order chi connectivity index (χ0) is 22.8. The van der Waals surface area contributed by atoms with E-state index in [-0.39, 0.29) is 13.2 Å². The van der Waals surface area contributed by atoms with Crippen molar-refractivity contribution < 1.29 is 29.0 Å². The number of carboxylic acid groups (broad SMARTS) is 1. The van der Waals surface area contributed by atoms with Crippen molar-refractivity contribution in [3.63, 3.8) is 0 Å². The largest absolute Gasteiger partial charge is 0.478 e. The average molecular weight is 439 g/mol. The van der Waals surface area contributed by atoms with Crippen LogP contribution < -0.4 is 0 Å². The maximum Gasteiger partial charge on any atom is 0.340 e. The number of carbonyl (C=O) groups is 3. The Labute approximate surface area is 183 Å². The topological polar surface area (TPSA) is 101 Å². The molecule has 0 aliphatic carbocycles. The smallest absolute Gasteiger partial charge is 0.340 e. The van der Waals surface area contributed by atoms with E-state index in [9.17, 15) is 29.0 Å². The normalized spacial score (nSPS) is 21.4. The fourth-order valence-corrected chi connectivity index (χ4v) is 3.94. The van der Waals surface area contributed by atoms with Crippen molar-refractivity contribution in [2.75, 3.05) is 13.2 Å². The molecular weight excluding hydrogens is 417 g/mol.